The van der Waals surface area contributed by atoms with Crippen LogP contribution in [-0.4, -0.2) is 17.6 Å². The lowest BCUT2D eigenvalue weighted by Gasteiger charge is -2.09. The number of anilines is 2. The lowest BCUT2D eigenvalue weighted by atomic mass is 9.96. The van der Waals surface area contributed by atoms with Gasteiger partial charge in [-0.25, -0.2) is 0 Å². The third-order valence-electron chi connectivity index (χ3n) is 4.31. The van der Waals surface area contributed by atoms with E-state index in [4.69, 9.17) is 0 Å². The molecule has 1 aliphatic carbocycles. The number of aryl methyl sites for hydroxylation is 1. The van der Waals surface area contributed by atoms with Crippen molar-refractivity contribution in [2.24, 2.45) is 0 Å². The molecule has 1 aliphatic rings. The Bertz CT molecular complexity index is 882. The molecule has 140 valence electrons. The topological polar surface area (TPSA) is 82.0 Å². The fourth-order valence-electron chi connectivity index (χ4n) is 3.06. The highest BCUT2D eigenvalue weighted by molar-refractivity contribution is 7.99. The maximum Gasteiger partial charge on any atom is 0.225 e. The first kappa shape index (κ1) is 19.5. The van der Waals surface area contributed by atoms with E-state index in [9.17, 15) is 14.9 Å². The highest BCUT2D eigenvalue weighted by Crippen LogP contribution is 2.37. The second-order valence-corrected chi connectivity index (χ2v) is 8.65. The molecule has 5 nitrogen and oxygen atoms in total. The Hall–Kier alpha value is -2.30. The maximum atomic E-state index is 12.3. The van der Waals surface area contributed by atoms with E-state index < -0.39 is 0 Å². The summed E-state index contributed by atoms with van der Waals surface area (Å²) in [5.41, 5.74) is 2.55. The van der Waals surface area contributed by atoms with Crippen LogP contribution in [0.3, 0.4) is 0 Å². The van der Waals surface area contributed by atoms with Crippen LogP contribution in [0.15, 0.2) is 29.2 Å². The van der Waals surface area contributed by atoms with Crippen molar-refractivity contribution in [3.05, 3.63) is 40.3 Å². The SMILES string of the molecule is CC(=O)Nc1ccc(SCCC(=O)Nc2sc3c(c2C#N)CCCC3)cc1. The highest BCUT2D eigenvalue weighted by atomic mass is 32.2. The van der Waals surface area contributed by atoms with Gasteiger partial charge in [-0.2, -0.15) is 5.26 Å². The van der Waals surface area contributed by atoms with Gasteiger partial charge < -0.3 is 10.6 Å². The van der Waals surface area contributed by atoms with E-state index in [2.05, 4.69) is 16.7 Å². The van der Waals surface area contributed by atoms with Crippen LogP contribution in [-0.2, 0) is 22.4 Å². The molecule has 0 saturated heterocycles. The van der Waals surface area contributed by atoms with Crippen LogP contribution in [0.2, 0.25) is 0 Å². The first-order chi connectivity index (χ1) is 13.1. The van der Waals surface area contributed by atoms with E-state index in [0.29, 0.717) is 22.7 Å². The largest absolute Gasteiger partial charge is 0.326 e. The number of nitrogens with one attached hydrogen (secondary N) is 2. The van der Waals surface area contributed by atoms with E-state index in [1.165, 1.54) is 11.8 Å². The first-order valence-electron chi connectivity index (χ1n) is 8.91. The zero-order chi connectivity index (χ0) is 19.2. The minimum atomic E-state index is -0.0981. The summed E-state index contributed by atoms with van der Waals surface area (Å²) in [6.07, 6.45) is 4.60. The molecular formula is C20H21N3O2S2. The molecule has 0 saturated carbocycles. The molecule has 0 radical (unpaired) electrons. The summed E-state index contributed by atoms with van der Waals surface area (Å²) in [5.74, 6) is 0.490. The number of carbonyl (C=O) groups excluding carboxylic acids is 2. The molecule has 2 N–H and O–H groups in total. The first-order valence-corrected chi connectivity index (χ1v) is 10.7. The van der Waals surface area contributed by atoms with Gasteiger partial charge in [0.2, 0.25) is 11.8 Å². The van der Waals surface area contributed by atoms with E-state index in [0.717, 1.165) is 41.8 Å². The smallest absolute Gasteiger partial charge is 0.225 e. The third kappa shape index (κ3) is 5.12. The van der Waals surface area contributed by atoms with Crippen LogP contribution < -0.4 is 10.6 Å². The Labute approximate surface area is 167 Å². The number of hydrogen-bond acceptors (Lipinski definition) is 5. The zero-order valence-electron chi connectivity index (χ0n) is 15.1. The van der Waals surface area contributed by atoms with Gasteiger partial charge in [-0.1, -0.05) is 0 Å². The number of nitriles is 1. The van der Waals surface area contributed by atoms with Gasteiger partial charge in [0.25, 0.3) is 0 Å². The molecule has 0 spiro atoms. The summed E-state index contributed by atoms with van der Waals surface area (Å²) in [5, 5.41) is 15.8. The minimum absolute atomic E-state index is 0.0625. The van der Waals surface area contributed by atoms with Crippen molar-refractivity contribution in [3.63, 3.8) is 0 Å². The van der Waals surface area contributed by atoms with Gasteiger partial charge >= 0.3 is 0 Å². The lowest BCUT2D eigenvalue weighted by molar-refractivity contribution is -0.116. The molecule has 0 atom stereocenters. The summed E-state index contributed by atoms with van der Waals surface area (Å²) in [7, 11) is 0. The van der Waals surface area contributed by atoms with Crippen molar-refractivity contribution in [1.82, 2.24) is 0 Å². The Kier molecular flexibility index (Phi) is 6.54. The highest BCUT2D eigenvalue weighted by Gasteiger charge is 2.21. The van der Waals surface area contributed by atoms with Crippen LogP contribution >= 0.6 is 23.1 Å². The van der Waals surface area contributed by atoms with Crippen LogP contribution in [0.5, 0.6) is 0 Å². The number of carbonyl (C=O) groups is 2. The fraction of sp³-hybridized carbons (Fsp3) is 0.350. The number of amides is 2. The van der Waals surface area contributed by atoms with E-state index >= 15 is 0 Å². The number of benzene rings is 1. The fourth-order valence-corrected chi connectivity index (χ4v) is 5.17. The van der Waals surface area contributed by atoms with Crippen LogP contribution in [0.4, 0.5) is 10.7 Å². The number of thioether (sulfide) groups is 1. The Morgan fingerprint density at radius 3 is 2.63 bits per heavy atom. The third-order valence-corrected chi connectivity index (χ3v) is 6.53. The van der Waals surface area contributed by atoms with Crippen molar-refractivity contribution >= 4 is 45.6 Å². The second kappa shape index (κ2) is 9.07. The molecule has 27 heavy (non-hydrogen) atoms. The Morgan fingerprint density at radius 1 is 1.19 bits per heavy atom. The average molecular weight is 400 g/mol. The molecule has 3 rings (SSSR count). The summed E-state index contributed by atoms with van der Waals surface area (Å²) in [6.45, 7) is 1.48. The Morgan fingerprint density at radius 2 is 1.93 bits per heavy atom. The van der Waals surface area contributed by atoms with Gasteiger partial charge in [0.05, 0.1) is 5.56 Å². The summed E-state index contributed by atoms with van der Waals surface area (Å²) < 4.78 is 0. The molecular weight excluding hydrogens is 378 g/mol. The molecule has 2 amide bonds. The Balaban J connectivity index is 1.51. The summed E-state index contributed by atoms with van der Waals surface area (Å²) >= 11 is 3.14. The van der Waals surface area contributed by atoms with Crippen LogP contribution in [0.25, 0.3) is 0 Å². The number of fused-ring (bicyclic) bond motifs is 1. The molecule has 1 aromatic heterocycles. The van der Waals surface area contributed by atoms with Crippen molar-refractivity contribution in [2.75, 3.05) is 16.4 Å². The van der Waals surface area contributed by atoms with Gasteiger partial charge in [-0.05, 0) is 55.5 Å². The quantitative estimate of drug-likeness (QED) is 0.697. The normalized spacial score (nSPS) is 12.7. The van der Waals surface area contributed by atoms with Gasteiger partial charge in [0.15, 0.2) is 0 Å². The second-order valence-electron chi connectivity index (χ2n) is 6.38. The maximum absolute atomic E-state index is 12.3. The summed E-state index contributed by atoms with van der Waals surface area (Å²) in [4.78, 5) is 25.6. The lowest BCUT2D eigenvalue weighted by Crippen LogP contribution is -2.12. The van der Waals surface area contributed by atoms with E-state index in [1.54, 1.807) is 23.1 Å². The predicted molar refractivity (Wildman–Crippen MR) is 110 cm³/mol. The van der Waals surface area contributed by atoms with Gasteiger partial charge in [0, 0.05) is 34.6 Å². The van der Waals surface area contributed by atoms with E-state index in [1.807, 2.05) is 24.3 Å². The molecule has 1 heterocycles. The molecule has 0 bridgehead atoms. The van der Waals surface area contributed by atoms with Crippen molar-refractivity contribution < 1.29 is 9.59 Å². The molecule has 7 heteroatoms. The standard InChI is InChI=1S/C20H21N3O2S2/c1-13(24)22-14-6-8-15(9-7-14)26-11-10-19(25)23-20-17(12-21)16-4-2-3-5-18(16)27-20/h6-9H,2-5,10-11H2,1H3,(H,22,24)(H,23,25). The molecule has 2 aromatic rings. The van der Waals surface area contributed by atoms with Gasteiger partial charge in [-0.3, -0.25) is 9.59 Å². The monoisotopic (exact) mass is 399 g/mol. The van der Waals surface area contributed by atoms with Crippen LogP contribution in [0, 0.1) is 11.3 Å². The minimum Gasteiger partial charge on any atom is -0.326 e. The van der Waals surface area contributed by atoms with Gasteiger partial charge in [0.1, 0.15) is 11.1 Å². The van der Waals surface area contributed by atoms with E-state index in [-0.39, 0.29) is 11.8 Å². The molecule has 0 unspecified atom stereocenters. The van der Waals surface area contributed by atoms with Crippen molar-refractivity contribution in [3.8, 4) is 6.07 Å². The number of rotatable bonds is 6. The average Bonchev–Trinajstić information content (AvgIpc) is 2.99. The van der Waals surface area contributed by atoms with Crippen molar-refractivity contribution in [2.45, 2.75) is 43.9 Å². The molecule has 0 aliphatic heterocycles. The predicted octanol–water partition coefficient (Wildman–Crippen LogP) is 4.58. The molecule has 0 fully saturated rings. The zero-order valence-corrected chi connectivity index (χ0v) is 16.8. The number of nitrogens with zero attached hydrogens (tertiary/aromatic N) is 1. The molecule has 1 aromatic carbocycles. The number of hydrogen-bond donors (Lipinski definition) is 2. The van der Waals surface area contributed by atoms with Crippen LogP contribution in [0.1, 0.15) is 42.2 Å². The summed E-state index contributed by atoms with van der Waals surface area (Å²) in [6, 6.07) is 9.81. The van der Waals surface area contributed by atoms with Crippen molar-refractivity contribution in [1.29, 1.82) is 5.26 Å². The van der Waals surface area contributed by atoms with Gasteiger partial charge in [-0.15, -0.1) is 23.1 Å². The number of thiophene rings is 1.